The highest BCUT2D eigenvalue weighted by Crippen LogP contribution is 2.72. The number of esters is 1. The van der Waals surface area contributed by atoms with Crippen molar-refractivity contribution < 1.29 is 29.3 Å². The molecule has 0 spiro atoms. The van der Waals surface area contributed by atoms with E-state index in [4.69, 9.17) is 9.84 Å². The second-order valence-electron chi connectivity index (χ2n) is 6.67. The zero-order valence-electron chi connectivity index (χ0n) is 13.7. The van der Waals surface area contributed by atoms with E-state index in [1.165, 1.54) is 13.0 Å². The summed E-state index contributed by atoms with van der Waals surface area (Å²) in [6.45, 7) is 8.47. The average molecular weight is 312 g/mol. The quantitative estimate of drug-likeness (QED) is 0.553. The van der Waals surface area contributed by atoms with E-state index in [1.807, 2.05) is 0 Å². The number of rotatable bonds is 7. The van der Waals surface area contributed by atoms with Crippen molar-refractivity contribution in [1.82, 2.24) is 0 Å². The minimum Gasteiger partial charge on any atom is -0.481 e. The first-order chi connectivity index (χ1) is 9.96. The molecule has 1 rings (SSSR count). The summed E-state index contributed by atoms with van der Waals surface area (Å²) in [5.74, 6) is -2.92. The van der Waals surface area contributed by atoms with Gasteiger partial charge in [-0.15, -0.1) is 0 Å². The van der Waals surface area contributed by atoms with Crippen LogP contribution in [0.2, 0.25) is 0 Å². The summed E-state index contributed by atoms with van der Waals surface area (Å²) in [5.41, 5.74) is -1.61. The highest BCUT2D eigenvalue weighted by molar-refractivity contribution is 5.87. The van der Waals surface area contributed by atoms with Crippen LogP contribution in [0, 0.1) is 16.7 Å². The average Bonchev–Trinajstić information content (AvgIpc) is 2.82. The number of carboxylic acids is 2. The van der Waals surface area contributed by atoms with Crippen LogP contribution in [-0.4, -0.2) is 34.2 Å². The Balaban J connectivity index is 2.94. The molecule has 22 heavy (non-hydrogen) atoms. The van der Waals surface area contributed by atoms with E-state index in [0.29, 0.717) is 0 Å². The fourth-order valence-electron chi connectivity index (χ4n) is 3.18. The lowest BCUT2D eigenvalue weighted by molar-refractivity contribution is -0.150. The van der Waals surface area contributed by atoms with E-state index in [-0.39, 0.29) is 24.5 Å². The van der Waals surface area contributed by atoms with Crippen molar-refractivity contribution in [2.45, 2.75) is 53.6 Å². The molecule has 0 saturated heterocycles. The SMILES string of the molecule is C/C(=C\C1C(C)(C)C1(CCC(=O)OC(C)C)C(=O)O)C(=O)O. The van der Waals surface area contributed by atoms with E-state index < -0.39 is 34.7 Å². The van der Waals surface area contributed by atoms with Crippen LogP contribution in [-0.2, 0) is 19.1 Å². The Morgan fingerprint density at radius 3 is 2.18 bits per heavy atom. The van der Waals surface area contributed by atoms with Crippen molar-refractivity contribution in [2.24, 2.45) is 16.7 Å². The van der Waals surface area contributed by atoms with Gasteiger partial charge in [0.2, 0.25) is 0 Å². The first-order valence-corrected chi connectivity index (χ1v) is 7.31. The lowest BCUT2D eigenvalue weighted by Crippen LogP contribution is -2.24. The third-order valence-corrected chi connectivity index (χ3v) is 4.60. The van der Waals surface area contributed by atoms with Gasteiger partial charge in [-0.1, -0.05) is 19.9 Å². The topological polar surface area (TPSA) is 101 Å². The minimum atomic E-state index is -1.13. The third kappa shape index (κ3) is 3.15. The van der Waals surface area contributed by atoms with Gasteiger partial charge in [0.1, 0.15) is 0 Å². The monoisotopic (exact) mass is 312 g/mol. The van der Waals surface area contributed by atoms with Crippen LogP contribution >= 0.6 is 0 Å². The minimum absolute atomic E-state index is 0.00433. The third-order valence-electron chi connectivity index (χ3n) is 4.60. The largest absolute Gasteiger partial charge is 0.481 e. The van der Waals surface area contributed by atoms with Gasteiger partial charge in [-0.2, -0.15) is 0 Å². The number of carboxylic acid groups (broad SMARTS) is 2. The lowest BCUT2D eigenvalue weighted by Gasteiger charge is -2.15. The molecule has 0 aromatic rings. The standard InChI is InChI=1S/C16H24O6/c1-9(2)22-12(17)6-7-16(14(20)21)11(15(16,4)5)8-10(3)13(18)19/h8-9,11H,6-7H2,1-5H3,(H,18,19)(H,20,21)/b10-8+. The fraction of sp³-hybridized carbons (Fsp3) is 0.688. The molecular weight excluding hydrogens is 288 g/mol. The summed E-state index contributed by atoms with van der Waals surface area (Å²) in [6.07, 6.45) is 1.38. The van der Waals surface area contributed by atoms with Crippen molar-refractivity contribution >= 4 is 17.9 Å². The number of hydrogen-bond donors (Lipinski definition) is 2. The molecule has 1 aliphatic rings. The van der Waals surface area contributed by atoms with E-state index in [0.717, 1.165) is 0 Å². The van der Waals surface area contributed by atoms with Gasteiger partial charge >= 0.3 is 17.9 Å². The molecule has 0 heterocycles. The fourth-order valence-corrected chi connectivity index (χ4v) is 3.18. The maximum atomic E-state index is 11.8. The van der Waals surface area contributed by atoms with E-state index in [2.05, 4.69) is 0 Å². The number of aliphatic carboxylic acids is 2. The summed E-state index contributed by atoms with van der Waals surface area (Å²) in [7, 11) is 0. The van der Waals surface area contributed by atoms with Gasteiger partial charge in [0, 0.05) is 17.9 Å². The molecule has 2 atom stereocenters. The molecule has 124 valence electrons. The Labute approximate surface area is 130 Å². The normalized spacial score (nSPS) is 26.6. The smallest absolute Gasteiger partial charge is 0.330 e. The zero-order chi connectivity index (χ0) is 17.3. The van der Waals surface area contributed by atoms with E-state index >= 15 is 0 Å². The van der Waals surface area contributed by atoms with Crippen molar-refractivity contribution in [3.05, 3.63) is 11.6 Å². The number of allylic oxidation sites excluding steroid dienone is 1. The summed E-state index contributed by atoms with van der Waals surface area (Å²) in [4.78, 5) is 34.4. The van der Waals surface area contributed by atoms with Crippen molar-refractivity contribution in [1.29, 1.82) is 0 Å². The Morgan fingerprint density at radius 2 is 1.77 bits per heavy atom. The molecule has 1 aliphatic carbocycles. The second kappa shape index (κ2) is 6.10. The van der Waals surface area contributed by atoms with E-state index in [9.17, 15) is 19.5 Å². The van der Waals surface area contributed by atoms with Crippen molar-refractivity contribution in [3.8, 4) is 0 Å². The number of carbonyl (C=O) groups excluding carboxylic acids is 1. The predicted molar refractivity (Wildman–Crippen MR) is 79.2 cm³/mol. The van der Waals surface area contributed by atoms with Crippen LogP contribution in [0.25, 0.3) is 0 Å². The highest BCUT2D eigenvalue weighted by Gasteiger charge is 2.74. The number of carbonyl (C=O) groups is 3. The van der Waals surface area contributed by atoms with Gasteiger partial charge in [0.05, 0.1) is 11.5 Å². The Morgan fingerprint density at radius 1 is 1.23 bits per heavy atom. The van der Waals surface area contributed by atoms with Crippen LogP contribution < -0.4 is 0 Å². The molecule has 6 nitrogen and oxygen atoms in total. The summed E-state index contributed by atoms with van der Waals surface area (Å²) in [5, 5.41) is 18.6. The number of ether oxygens (including phenoxy) is 1. The van der Waals surface area contributed by atoms with Crippen LogP contribution in [0.3, 0.4) is 0 Å². The lowest BCUT2D eigenvalue weighted by atomic mass is 9.90. The van der Waals surface area contributed by atoms with E-state index in [1.54, 1.807) is 27.7 Å². The first kappa shape index (κ1) is 18.2. The molecule has 2 unspecified atom stereocenters. The predicted octanol–water partition coefficient (Wildman–Crippen LogP) is 2.48. The van der Waals surface area contributed by atoms with Gasteiger partial charge in [0.25, 0.3) is 0 Å². The summed E-state index contributed by atoms with van der Waals surface area (Å²) < 4.78 is 5.03. The van der Waals surface area contributed by atoms with Crippen LogP contribution in [0.1, 0.15) is 47.5 Å². The molecule has 0 amide bonds. The van der Waals surface area contributed by atoms with Crippen LogP contribution in [0.4, 0.5) is 0 Å². The molecule has 0 aromatic carbocycles. The maximum absolute atomic E-state index is 11.8. The van der Waals surface area contributed by atoms with Gasteiger partial charge in [-0.3, -0.25) is 9.59 Å². The van der Waals surface area contributed by atoms with Crippen LogP contribution in [0.15, 0.2) is 11.6 Å². The van der Waals surface area contributed by atoms with Crippen molar-refractivity contribution in [3.63, 3.8) is 0 Å². The molecule has 2 N–H and O–H groups in total. The molecule has 0 radical (unpaired) electrons. The highest BCUT2D eigenvalue weighted by atomic mass is 16.5. The molecule has 0 aromatic heterocycles. The summed E-state index contributed by atoms with van der Waals surface area (Å²) in [6, 6.07) is 0. The molecule has 6 heteroatoms. The van der Waals surface area contributed by atoms with Gasteiger partial charge in [0.15, 0.2) is 0 Å². The maximum Gasteiger partial charge on any atom is 0.330 e. The van der Waals surface area contributed by atoms with Crippen LogP contribution in [0.5, 0.6) is 0 Å². The Bertz CT molecular complexity index is 517. The molecule has 1 saturated carbocycles. The zero-order valence-corrected chi connectivity index (χ0v) is 13.7. The molecule has 0 bridgehead atoms. The van der Waals surface area contributed by atoms with Gasteiger partial charge in [-0.05, 0) is 32.6 Å². The Kier molecular flexibility index (Phi) is 5.05. The Hall–Kier alpha value is -1.85. The molecular formula is C16H24O6. The molecule has 0 aliphatic heterocycles. The summed E-state index contributed by atoms with van der Waals surface area (Å²) >= 11 is 0. The second-order valence-corrected chi connectivity index (χ2v) is 6.67. The molecule has 1 fully saturated rings. The van der Waals surface area contributed by atoms with Gasteiger partial charge in [-0.25, -0.2) is 4.79 Å². The first-order valence-electron chi connectivity index (χ1n) is 7.31. The van der Waals surface area contributed by atoms with Gasteiger partial charge < -0.3 is 14.9 Å². The van der Waals surface area contributed by atoms with Crippen molar-refractivity contribution in [2.75, 3.05) is 0 Å². The number of hydrogen-bond acceptors (Lipinski definition) is 4.